The van der Waals surface area contributed by atoms with Crippen LogP contribution in [0.5, 0.6) is 0 Å². The topological polar surface area (TPSA) is 61.8 Å². The molecule has 0 aromatic heterocycles. The third kappa shape index (κ3) is 7.62. The SMILES string of the molecule is C=C(C)C(=O)OCCOC(C)COC(=O)C(=C)C. The highest BCUT2D eigenvalue weighted by atomic mass is 16.6. The van der Waals surface area contributed by atoms with Gasteiger partial charge in [-0.2, -0.15) is 0 Å². The molecule has 0 saturated heterocycles. The van der Waals surface area contributed by atoms with E-state index >= 15 is 0 Å². The van der Waals surface area contributed by atoms with Gasteiger partial charge in [0.25, 0.3) is 0 Å². The molecule has 0 bridgehead atoms. The maximum atomic E-state index is 11.1. The molecule has 18 heavy (non-hydrogen) atoms. The average Bonchev–Trinajstić information content (AvgIpc) is 2.30. The number of hydrogen-bond donors (Lipinski definition) is 0. The minimum absolute atomic E-state index is 0.139. The van der Waals surface area contributed by atoms with Crippen LogP contribution in [0, 0.1) is 0 Å². The smallest absolute Gasteiger partial charge is 0.333 e. The van der Waals surface area contributed by atoms with Crippen LogP contribution >= 0.6 is 0 Å². The van der Waals surface area contributed by atoms with Crippen molar-refractivity contribution in [3.8, 4) is 0 Å². The van der Waals surface area contributed by atoms with E-state index in [-0.39, 0.29) is 25.9 Å². The Morgan fingerprint density at radius 2 is 1.50 bits per heavy atom. The van der Waals surface area contributed by atoms with Crippen molar-refractivity contribution in [2.24, 2.45) is 0 Å². The second-order valence-corrected chi connectivity index (χ2v) is 3.98. The standard InChI is InChI=1S/C13H20O5/c1-9(2)12(14)17-7-6-16-11(5)8-18-13(15)10(3)4/h11H,1,3,6-8H2,2,4-5H3. The van der Waals surface area contributed by atoms with Crippen molar-refractivity contribution in [3.05, 3.63) is 24.3 Å². The molecule has 0 spiro atoms. The molecule has 0 aromatic carbocycles. The molecule has 0 aliphatic carbocycles. The molecule has 0 amide bonds. The summed E-state index contributed by atoms with van der Waals surface area (Å²) in [5.74, 6) is -0.890. The summed E-state index contributed by atoms with van der Waals surface area (Å²) >= 11 is 0. The van der Waals surface area contributed by atoms with Crippen molar-refractivity contribution in [1.29, 1.82) is 0 Å². The fraction of sp³-hybridized carbons (Fsp3) is 0.538. The van der Waals surface area contributed by atoms with Gasteiger partial charge in [0.15, 0.2) is 0 Å². The third-order valence-corrected chi connectivity index (χ3v) is 1.86. The van der Waals surface area contributed by atoms with Crippen molar-refractivity contribution >= 4 is 11.9 Å². The summed E-state index contributed by atoms with van der Waals surface area (Å²) < 4.78 is 15.0. The summed E-state index contributed by atoms with van der Waals surface area (Å²) in [6.45, 7) is 12.3. The summed E-state index contributed by atoms with van der Waals surface area (Å²) in [6, 6.07) is 0. The number of rotatable bonds is 8. The Labute approximate surface area is 107 Å². The summed E-state index contributed by atoms with van der Waals surface area (Å²) in [6.07, 6.45) is -0.267. The Morgan fingerprint density at radius 1 is 1.00 bits per heavy atom. The molecule has 0 aliphatic heterocycles. The normalized spacial score (nSPS) is 11.5. The van der Waals surface area contributed by atoms with E-state index in [1.807, 2.05) is 0 Å². The molecule has 5 nitrogen and oxygen atoms in total. The van der Waals surface area contributed by atoms with Crippen LogP contribution in [-0.4, -0.2) is 37.9 Å². The fourth-order valence-electron chi connectivity index (χ4n) is 0.871. The van der Waals surface area contributed by atoms with Crippen LogP contribution < -0.4 is 0 Å². The molecule has 1 unspecified atom stereocenters. The Kier molecular flexibility index (Phi) is 7.71. The van der Waals surface area contributed by atoms with Crippen LogP contribution in [0.25, 0.3) is 0 Å². The zero-order valence-electron chi connectivity index (χ0n) is 11.2. The quantitative estimate of drug-likeness (QED) is 0.375. The highest BCUT2D eigenvalue weighted by Gasteiger charge is 2.08. The predicted octanol–water partition coefficient (Wildman–Crippen LogP) is 1.63. The predicted molar refractivity (Wildman–Crippen MR) is 67.0 cm³/mol. The fourth-order valence-corrected chi connectivity index (χ4v) is 0.871. The molecule has 1 atom stereocenters. The van der Waals surface area contributed by atoms with Gasteiger partial charge in [0.1, 0.15) is 13.2 Å². The number of carbonyl (C=O) groups is 2. The van der Waals surface area contributed by atoms with Crippen LogP contribution in [0.3, 0.4) is 0 Å². The minimum atomic E-state index is -0.445. The molecule has 0 heterocycles. The molecule has 0 N–H and O–H groups in total. The van der Waals surface area contributed by atoms with Gasteiger partial charge >= 0.3 is 11.9 Å². The van der Waals surface area contributed by atoms with Crippen LogP contribution in [-0.2, 0) is 23.8 Å². The maximum Gasteiger partial charge on any atom is 0.333 e. The Bertz CT molecular complexity index is 332. The molecule has 102 valence electrons. The number of esters is 2. The van der Waals surface area contributed by atoms with Crippen LogP contribution in [0.4, 0.5) is 0 Å². The first kappa shape index (κ1) is 16.4. The van der Waals surface area contributed by atoms with E-state index in [0.29, 0.717) is 11.1 Å². The van der Waals surface area contributed by atoms with Crippen molar-refractivity contribution in [2.75, 3.05) is 19.8 Å². The van der Waals surface area contributed by atoms with Gasteiger partial charge in [0.05, 0.1) is 12.7 Å². The van der Waals surface area contributed by atoms with E-state index in [0.717, 1.165) is 0 Å². The van der Waals surface area contributed by atoms with Gasteiger partial charge in [0.2, 0.25) is 0 Å². The minimum Gasteiger partial charge on any atom is -0.460 e. The van der Waals surface area contributed by atoms with Gasteiger partial charge in [-0.25, -0.2) is 9.59 Å². The van der Waals surface area contributed by atoms with E-state index in [2.05, 4.69) is 13.2 Å². The first-order valence-corrected chi connectivity index (χ1v) is 5.61. The summed E-state index contributed by atoms with van der Waals surface area (Å²) in [4.78, 5) is 22.1. The number of hydrogen-bond acceptors (Lipinski definition) is 5. The van der Waals surface area contributed by atoms with Crippen molar-refractivity contribution in [2.45, 2.75) is 26.9 Å². The van der Waals surface area contributed by atoms with Gasteiger partial charge in [-0.05, 0) is 20.8 Å². The average molecular weight is 256 g/mol. The van der Waals surface area contributed by atoms with E-state index in [9.17, 15) is 9.59 Å². The van der Waals surface area contributed by atoms with E-state index in [4.69, 9.17) is 14.2 Å². The molecule has 0 radical (unpaired) electrons. The van der Waals surface area contributed by atoms with Gasteiger partial charge in [-0.15, -0.1) is 0 Å². The monoisotopic (exact) mass is 256 g/mol. The van der Waals surface area contributed by atoms with Gasteiger partial charge in [-0.3, -0.25) is 0 Å². The zero-order chi connectivity index (χ0) is 14.1. The lowest BCUT2D eigenvalue weighted by atomic mass is 10.3. The van der Waals surface area contributed by atoms with Crippen LogP contribution in [0.15, 0.2) is 24.3 Å². The van der Waals surface area contributed by atoms with E-state index in [1.54, 1.807) is 20.8 Å². The van der Waals surface area contributed by atoms with Crippen molar-refractivity contribution in [3.63, 3.8) is 0 Å². The first-order chi connectivity index (χ1) is 8.34. The Morgan fingerprint density at radius 3 is 2.00 bits per heavy atom. The summed E-state index contributed by atoms with van der Waals surface area (Å²) in [5.41, 5.74) is 0.691. The number of carbonyl (C=O) groups excluding carboxylic acids is 2. The molecule has 5 heteroatoms. The molecular weight excluding hydrogens is 236 g/mol. The van der Waals surface area contributed by atoms with Gasteiger partial charge in [0, 0.05) is 11.1 Å². The highest BCUT2D eigenvalue weighted by molar-refractivity contribution is 5.87. The first-order valence-electron chi connectivity index (χ1n) is 5.61. The molecule has 0 saturated carbocycles. The molecule has 0 rings (SSSR count). The lowest BCUT2D eigenvalue weighted by molar-refractivity contribution is -0.144. The van der Waals surface area contributed by atoms with E-state index < -0.39 is 11.9 Å². The third-order valence-electron chi connectivity index (χ3n) is 1.86. The molecule has 0 aliphatic rings. The second kappa shape index (κ2) is 8.47. The van der Waals surface area contributed by atoms with Crippen molar-refractivity contribution in [1.82, 2.24) is 0 Å². The maximum absolute atomic E-state index is 11.1. The Balaban J connectivity index is 3.63. The van der Waals surface area contributed by atoms with Gasteiger partial charge < -0.3 is 14.2 Å². The van der Waals surface area contributed by atoms with Crippen LogP contribution in [0.2, 0.25) is 0 Å². The summed E-state index contributed by atoms with van der Waals surface area (Å²) in [7, 11) is 0. The van der Waals surface area contributed by atoms with Crippen LogP contribution in [0.1, 0.15) is 20.8 Å². The highest BCUT2D eigenvalue weighted by Crippen LogP contribution is 1.98. The Hall–Kier alpha value is -1.62. The lowest BCUT2D eigenvalue weighted by Gasteiger charge is -2.13. The molecule has 0 fully saturated rings. The largest absolute Gasteiger partial charge is 0.460 e. The zero-order valence-corrected chi connectivity index (χ0v) is 11.2. The van der Waals surface area contributed by atoms with Crippen molar-refractivity contribution < 1.29 is 23.8 Å². The number of ether oxygens (including phenoxy) is 3. The molecule has 0 aromatic rings. The lowest BCUT2D eigenvalue weighted by Crippen LogP contribution is -2.22. The van der Waals surface area contributed by atoms with Gasteiger partial charge in [-0.1, -0.05) is 13.2 Å². The summed E-state index contributed by atoms with van der Waals surface area (Å²) in [5, 5.41) is 0. The second-order valence-electron chi connectivity index (χ2n) is 3.98. The molecular formula is C13H20O5. The van der Waals surface area contributed by atoms with E-state index in [1.165, 1.54) is 0 Å².